The van der Waals surface area contributed by atoms with Crippen LogP contribution in [0.1, 0.15) is 28.8 Å². The highest BCUT2D eigenvalue weighted by molar-refractivity contribution is 5.94. The van der Waals surface area contributed by atoms with Crippen molar-refractivity contribution >= 4 is 23.6 Å². The highest BCUT2D eigenvalue weighted by Crippen LogP contribution is 2.21. The molecule has 0 radical (unpaired) electrons. The van der Waals surface area contributed by atoms with E-state index in [1.54, 1.807) is 11.1 Å². The van der Waals surface area contributed by atoms with Gasteiger partial charge in [-0.25, -0.2) is 14.8 Å². The van der Waals surface area contributed by atoms with Crippen LogP contribution in [0, 0.1) is 6.92 Å². The molecule has 0 bridgehead atoms. The molecule has 0 atom stereocenters. The number of piperidine rings is 1. The number of amides is 3. The number of ether oxygens (including phenoxy) is 1. The summed E-state index contributed by atoms with van der Waals surface area (Å²) in [6, 6.07) is 17.5. The van der Waals surface area contributed by atoms with Gasteiger partial charge in [0.15, 0.2) is 0 Å². The van der Waals surface area contributed by atoms with Crippen LogP contribution in [0.25, 0.3) is 11.3 Å². The van der Waals surface area contributed by atoms with Crippen LogP contribution in [-0.4, -0.2) is 77.1 Å². The SMILES string of the molecule is Cc1ccc(-c2ccnc(Nc3ccc(C(=O)N4CCC(NC(=O)N5CCOCC5)CC4)cc3)n2)cc1. The first-order valence-corrected chi connectivity index (χ1v) is 12.7. The second kappa shape index (κ2) is 11.4. The molecule has 3 aromatic rings. The second-order valence-electron chi connectivity index (χ2n) is 9.45. The largest absolute Gasteiger partial charge is 0.378 e. The summed E-state index contributed by atoms with van der Waals surface area (Å²) in [5.74, 6) is 0.500. The molecule has 2 fully saturated rings. The van der Waals surface area contributed by atoms with Gasteiger partial charge in [-0.15, -0.1) is 0 Å². The number of carbonyl (C=O) groups is 2. The molecule has 0 spiro atoms. The van der Waals surface area contributed by atoms with Gasteiger partial charge in [-0.1, -0.05) is 29.8 Å². The van der Waals surface area contributed by atoms with Crippen molar-refractivity contribution in [2.45, 2.75) is 25.8 Å². The van der Waals surface area contributed by atoms with Crippen LogP contribution in [-0.2, 0) is 4.74 Å². The molecule has 37 heavy (non-hydrogen) atoms. The van der Waals surface area contributed by atoms with Gasteiger partial charge in [0.2, 0.25) is 5.95 Å². The van der Waals surface area contributed by atoms with Gasteiger partial charge in [-0.2, -0.15) is 0 Å². The van der Waals surface area contributed by atoms with E-state index in [0.29, 0.717) is 50.9 Å². The maximum Gasteiger partial charge on any atom is 0.317 e. The van der Waals surface area contributed by atoms with Gasteiger partial charge < -0.3 is 25.2 Å². The van der Waals surface area contributed by atoms with Crippen LogP contribution in [0.3, 0.4) is 0 Å². The van der Waals surface area contributed by atoms with Crippen LogP contribution >= 0.6 is 0 Å². The molecule has 9 heteroatoms. The van der Waals surface area contributed by atoms with Gasteiger partial charge in [0.1, 0.15) is 0 Å². The number of nitrogens with zero attached hydrogens (tertiary/aromatic N) is 4. The molecule has 0 saturated carbocycles. The zero-order chi connectivity index (χ0) is 25.6. The molecule has 2 saturated heterocycles. The van der Waals surface area contributed by atoms with Crippen molar-refractivity contribution < 1.29 is 14.3 Å². The zero-order valence-electron chi connectivity index (χ0n) is 21.0. The molecule has 3 heterocycles. The zero-order valence-corrected chi connectivity index (χ0v) is 21.0. The molecule has 2 aromatic carbocycles. The fraction of sp³-hybridized carbons (Fsp3) is 0.357. The molecule has 0 unspecified atom stereocenters. The van der Waals surface area contributed by atoms with Crippen LogP contribution in [0.5, 0.6) is 0 Å². The molecule has 2 N–H and O–H groups in total. The third-order valence-corrected chi connectivity index (χ3v) is 6.80. The van der Waals surface area contributed by atoms with Crippen molar-refractivity contribution in [3.05, 3.63) is 71.9 Å². The minimum atomic E-state index is -0.0375. The van der Waals surface area contributed by atoms with Gasteiger partial charge >= 0.3 is 6.03 Å². The Kier molecular flexibility index (Phi) is 7.60. The summed E-state index contributed by atoms with van der Waals surface area (Å²) >= 11 is 0. The van der Waals surface area contributed by atoms with Crippen LogP contribution in [0.15, 0.2) is 60.8 Å². The Bertz CT molecular complexity index is 1220. The summed E-state index contributed by atoms with van der Waals surface area (Å²) in [5.41, 5.74) is 4.51. The number of anilines is 2. The van der Waals surface area contributed by atoms with E-state index in [1.165, 1.54) is 5.56 Å². The number of morpholine rings is 1. The molecular formula is C28H32N6O3. The summed E-state index contributed by atoms with van der Waals surface area (Å²) in [5, 5.41) is 6.33. The number of hydrogen-bond acceptors (Lipinski definition) is 6. The van der Waals surface area contributed by atoms with Crippen molar-refractivity contribution in [1.82, 2.24) is 25.1 Å². The Morgan fingerprint density at radius 3 is 2.30 bits per heavy atom. The summed E-state index contributed by atoms with van der Waals surface area (Å²) < 4.78 is 5.31. The van der Waals surface area contributed by atoms with E-state index in [2.05, 4.69) is 39.7 Å². The lowest BCUT2D eigenvalue weighted by molar-refractivity contribution is 0.0512. The van der Waals surface area contributed by atoms with E-state index in [0.717, 1.165) is 29.8 Å². The minimum Gasteiger partial charge on any atom is -0.378 e. The van der Waals surface area contributed by atoms with Crippen molar-refractivity contribution in [2.75, 3.05) is 44.7 Å². The van der Waals surface area contributed by atoms with Gasteiger partial charge in [-0.3, -0.25) is 4.79 Å². The van der Waals surface area contributed by atoms with E-state index < -0.39 is 0 Å². The van der Waals surface area contributed by atoms with Crippen molar-refractivity contribution in [3.8, 4) is 11.3 Å². The number of hydrogen-bond donors (Lipinski definition) is 2. The smallest absolute Gasteiger partial charge is 0.317 e. The summed E-state index contributed by atoms with van der Waals surface area (Å²) in [6.07, 6.45) is 3.22. The molecule has 192 valence electrons. The molecule has 3 amide bonds. The maximum absolute atomic E-state index is 13.0. The Labute approximate surface area is 216 Å². The molecule has 0 aliphatic carbocycles. The Morgan fingerprint density at radius 2 is 1.59 bits per heavy atom. The lowest BCUT2D eigenvalue weighted by Crippen LogP contribution is -2.52. The number of carbonyl (C=O) groups excluding carboxylic acids is 2. The quantitative estimate of drug-likeness (QED) is 0.552. The number of likely N-dealkylation sites (tertiary alicyclic amines) is 1. The average molecular weight is 501 g/mol. The topological polar surface area (TPSA) is 99.7 Å². The Hall–Kier alpha value is -3.98. The maximum atomic E-state index is 13.0. The predicted molar refractivity (Wildman–Crippen MR) is 142 cm³/mol. The van der Waals surface area contributed by atoms with Gasteiger partial charge in [-0.05, 0) is 50.1 Å². The first-order chi connectivity index (χ1) is 18.0. The van der Waals surface area contributed by atoms with E-state index in [-0.39, 0.29) is 18.0 Å². The number of aryl methyl sites for hydroxylation is 1. The van der Waals surface area contributed by atoms with Crippen molar-refractivity contribution in [1.29, 1.82) is 0 Å². The summed E-state index contributed by atoms with van der Waals surface area (Å²) in [7, 11) is 0. The van der Waals surface area contributed by atoms with E-state index in [4.69, 9.17) is 4.74 Å². The fourth-order valence-electron chi connectivity index (χ4n) is 4.57. The number of aromatic nitrogens is 2. The fourth-order valence-corrected chi connectivity index (χ4v) is 4.57. The van der Waals surface area contributed by atoms with Crippen molar-refractivity contribution in [2.24, 2.45) is 0 Å². The Morgan fingerprint density at radius 1 is 0.892 bits per heavy atom. The number of benzene rings is 2. The predicted octanol–water partition coefficient (Wildman–Crippen LogP) is 3.84. The molecule has 5 rings (SSSR count). The number of nitrogens with one attached hydrogen (secondary N) is 2. The first-order valence-electron chi connectivity index (χ1n) is 12.7. The second-order valence-corrected chi connectivity index (χ2v) is 9.45. The van der Waals surface area contributed by atoms with Crippen LogP contribution in [0.2, 0.25) is 0 Å². The van der Waals surface area contributed by atoms with Crippen LogP contribution < -0.4 is 10.6 Å². The third-order valence-electron chi connectivity index (χ3n) is 6.80. The molecule has 2 aliphatic heterocycles. The highest BCUT2D eigenvalue weighted by atomic mass is 16.5. The van der Waals surface area contributed by atoms with E-state index >= 15 is 0 Å². The molecular weight excluding hydrogens is 468 g/mol. The number of rotatable bonds is 5. The minimum absolute atomic E-state index is 0.00197. The first kappa shape index (κ1) is 24.7. The summed E-state index contributed by atoms with van der Waals surface area (Å²) in [4.78, 5) is 38.1. The number of urea groups is 1. The van der Waals surface area contributed by atoms with Crippen LogP contribution in [0.4, 0.5) is 16.4 Å². The average Bonchev–Trinajstić information content (AvgIpc) is 2.94. The van der Waals surface area contributed by atoms with E-state index in [9.17, 15) is 9.59 Å². The lowest BCUT2D eigenvalue weighted by atomic mass is 10.0. The monoisotopic (exact) mass is 500 g/mol. The van der Waals surface area contributed by atoms with Gasteiger partial charge in [0.25, 0.3) is 5.91 Å². The normalized spacial score (nSPS) is 16.4. The Balaban J connectivity index is 1.13. The van der Waals surface area contributed by atoms with Gasteiger partial charge in [0.05, 0.1) is 18.9 Å². The summed E-state index contributed by atoms with van der Waals surface area (Å²) in [6.45, 7) is 5.71. The van der Waals surface area contributed by atoms with Crippen molar-refractivity contribution in [3.63, 3.8) is 0 Å². The molecule has 2 aliphatic rings. The third kappa shape index (κ3) is 6.24. The highest BCUT2D eigenvalue weighted by Gasteiger charge is 2.26. The van der Waals surface area contributed by atoms with Gasteiger partial charge in [0, 0.05) is 55.2 Å². The lowest BCUT2D eigenvalue weighted by Gasteiger charge is -2.34. The van der Waals surface area contributed by atoms with E-state index in [1.807, 2.05) is 47.4 Å². The molecule has 1 aromatic heterocycles. The molecule has 9 nitrogen and oxygen atoms in total. The standard InChI is InChI=1S/C28H32N6O3/c1-20-2-4-21(5-3-20)25-10-13-29-27(32-25)30-23-8-6-22(7-9-23)26(35)33-14-11-24(12-15-33)31-28(36)34-16-18-37-19-17-34/h2-10,13,24H,11-12,14-19H2,1H3,(H,31,36)(H,29,30,32).